The van der Waals surface area contributed by atoms with Crippen LogP contribution in [-0.4, -0.2) is 28.2 Å². The van der Waals surface area contributed by atoms with Gasteiger partial charge in [0.05, 0.1) is 11.7 Å². The van der Waals surface area contributed by atoms with Gasteiger partial charge in [0.2, 0.25) is 5.91 Å². The Morgan fingerprint density at radius 2 is 2.21 bits per heavy atom. The van der Waals surface area contributed by atoms with Crippen LogP contribution in [0, 0.1) is 0 Å². The Kier molecular flexibility index (Phi) is 3.24. The van der Waals surface area contributed by atoms with E-state index in [4.69, 9.17) is 10.2 Å². The predicted octanol–water partition coefficient (Wildman–Crippen LogP) is 0.00600. The van der Waals surface area contributed by atoms with E-state index >= 15 is 0 Å². The average Bonchev–Trinajstić information content (AvgIpc) is 2.01. The fourth-order valence-corrected chi connectivity index (χ4v) is 1.40. The lowest BCUT2D eigenvalue weighted by atomic mass is 10.0. The number of aliphatic carboxylic acids is 1. The number of hydrogen-bond donors (Lipinski definition) is 3. The van der Waals surface area contributed by atoms with Crippen molar-refractivity contribution < 1.29 is 19.8 Å². The van der Waals surface area contributed by atoms with E-state index in [1.165, 1.54) is 0 Å². The number of aliphatic hydroxyl groups is 1. The summed E-state index contributed by atoms with van der Waals surface area (Å²) in [5.74, 6) is -1.22. The third-order valence-electron chi connectivity index (χ3n) is 2.01. The lowest BCUT2D eigenvalue weighted by Gasteiger charge is -2.19. The summed E-state index contributed by atoms with van der Waals surface area (Å²) in [4.78, 5) is 21.8. The second kappa shape index (κ2) is 4.23. The number of rotatable bonds is 3. The minimum atomic E-state index is -1.03. The summed E-state index contributed by atoms with van der Waals surface area (Å²) < 4.78 is 0. The van der Waals surface area contributed by atoms with Crippen LogP contribution < -0.4 is 5.32 Å². The summed E-state index contributed by atoms with van der Waals surface area (Å²) in [7, 11) is 0. The van der Waals surface area contributed by atoms with Crippen LogP contribution in [0.25, 0.3) is 0 Å². The van der Waals surface area contributed by atoms with E-state index in [0.717, 1.165) is 0 Å². The summed E-state index contributed by atoms with van der Waals surface area (Å²) >= 11 is 0. The van der Waals surface area contributed by atoms with Gasteiger partial charge in [-0.25, -0.2) is 4.79 Å². The molecule has 0 saturated carbocycles. The van der Waals surface area contributed by atoms with E-state index in [1.54, 1.807) is 6.92 Å². The molecule has 0 aromatic rings. The van der Waals surface area contributed by atoms with Crippen LogP contribution in [-0.2, 0) is 9.59 Å². The molecule has 14 heavy (non-hydrogen) atoms. The van der Waals surface area contributed by atoms with Crippen molar-refractivity contribution in [1.82, 2.24) is 5.32 Å². The fourth-order valence-electron chi connectivity index (χ4n) is 1.40. The molecule has 1 amide bonds. The van der Waals surface area contributed by atoms with Gasteiger partial charge in [-0.15, -0.1) is 0 Å². The minimum Gasteiger partial charge on any atom is -0.478 e. The summed E-state index contributed by atoms with van der Waals surface area (Å²) in [6.07, 6.45) is -0.0422. The predicted molar refractivity (Wildman–Crippen MR) is 48.3 cm³/mol. The lowest BCUT2D eigenvalue weighted by molar-refractivity contribution is -0.133. The van der Waals surface area contributed by atoms with E-state index in [-0.39, 0.29) is 30.7 Å². The fraction of sp³-hybridized carbons (Fsp3) is 0.556. The molecule has 5 heteroatoms. The Bertz CT molecular complexity index is 293. The number of nitrogens with one attached hydrogen (secondary N) is 1. The van der Waals surface area contributed by atoms with E-state index in [2.05, 4.69) is 5.32 Å². The molecule has 0 radical (unpaired) electrons. The van der Waals surface area contributed by atoms with E-state index in [9.17, 15) is 9.59 Å². The molecule has 5 nitrogen and oxygen atoms in total. The SMILES string of the molecule is CC(O)CC1=C(C(=O)O)CCC(=O)N1. The highest BCUT2D eigenvalue weighted by Crippen LogP contribution is 2.19. The molecule has 0 spiro atoms. The van der Waals surface area contributed by atoms with Crippen molar-refractivity contribution in [3.05, 3.63) is 11.3 Å². The number of carboxylic acids is 1. The van der Waals surface area contributed by atoms with Gasteiger partial charge in [0.25, 0.3) is 0 Å². The Morgan fingerprint density at radius 1 is 1.57 bits per heavy atom. The smallest absolute Gasteiger partial charge is 0.333 e. The first-order valence-electron chi connectivity index (χ1n) is 4.44. The van der Waals surface area contributed by atoms with Gasteiger partial charge in [-0.2, -0.15) is 0 Å². The third kappa shape index (κ3) is 2.56. The van der Waals surface area contributed by atoms with Gasteiger partial charge in [0.15, 0.2) is 0 Å². The number of hydrogen-bond acceptors (Lipinski definition) is 3. The Balaban J connectivity index is 2.88. The molecule has 1 rings (SSSR count). The molecule has 0 bridgehead atoms. The number of aliphatic hydroxyl groups excluding tert-OH is 1. The first kappa shape index (κ1) is 10.7. The summed E-state index contributed by atoms with van der Waals surface area (Å²) in [6.45, 7) is 1.55. The van der Waals surface area contributed by atoms with Crippen LogP contribution in [0.4, 0.5) is 0 Å². The number of carbonyl (C=O) groups is 2. The standard InChI is InChI=1S/C9H13NO4/c1-5(11)4-7-6(9(13)14)2-3-8(12)10-7/h5,11H,2-4H2,1H3,(H,10,12)(H,13,14). The average molecular weight is 199 g/mol. The van der Waals surface area contributed by atoms with Crippen molar-refractivity contribution in [2.45, 2.75) is 32.3 Å². The maximum absolute atomic E-state index is 11.0. The summed E-state index contributed by atoms with van der Waals surface area (Å²) in [5.41, 5.74) is 0.536. The molecule has 1 atom stereocenters. The van der Waals surface area contributed by atoms with Crippen molar-refractivity contribution in [3.63, 3.8) is 0 Å². The molecular weight excluding hydrogens is 186 g/mol. The van der Waals surface area contributed by atoms with Gasteiger partial charge >= 0.3 is 5.97 Å². The lowest BCUT2D eigenvalue weighted by Crippen LogP contribution is -2.31. The molecule has 1 aliphatic heterocycles. The second-order valence-electron chi connectivity index (χ2n) is 3.36. The van der Waals surface area contributed by atoms with Gasteiger partial charge in [-0.05, 0) is 13.3 Å². The van der Waals surface area contributed by atoms with Gasteiger partial charge in [-0.3, -0.25) is 4.79 Å². The zero-order valence-corrected chi connectivity index (χ0v) is 7.91. The van der Waals surface area contributed by atoms with Gasteiger partial charge in [0.1, 0.15) is 0 Å². The van der Waals surface area contributed by atoms with Crippen LogP contribution in [0.2, 0.25) is 0 Å². The van der Waals surface area contributed by atoms with Crippen LogP contribution in [0.1, 0.15) is 26.2 Å². The van der Waals surface area contributed by atoms with Crippen molar-refractivity contribution in [1.29, 1.82) is 0 Å². The molecule has 1 aliphatic rings. The first-order chi connectivity index (χ1) is 6.50. The monoisotopic (exact) mass is 199 g/mol. The number of amides is 1. The summed E-state index contributed by atoms with van der Waals surface area (Å²) in [6, 6.07) is 0. The molecular formula is C9H13NO4. The quantitative estimate of drug-likeness (QED) is 0.597. The Hall–Kier alpha value is -1.36. The maximum atomic E-state index is 11.0. The molecule has 3 N–H and O–H groups in total. The molecule has 0 fully saturated rings. The van der Waals surface area contributed by atoms with E-state index in [0.29, 0.717) is 5.70 Å². The first-order valence-corrected chi connectivity index (χ1v) is 4.44. The topological polar surface area (TPSA) is 86.6 Å². The normalized spacial score (nSPS) is 19.1. The highest BCUT2D eigenvalue weighted by molar-refractivity contribution is 5.92. The molecule has 0 aliphatic carbocycles. The Morgan fingerprint density at radius 3 is 2.71 bits per heavy atom. The zero-order chi connectivity index (χ0) is 10.7. The van der Waals surface area contributed by atoms with Crippen molar-refractivity contribution in [2.24, 2.45) is 0 Å². The van der Waals surface area contributed by atoms with Gasteiger partial charge in [0, 0.05) is 18.5 Å². The Labute approximate surface area is 81.4 Å². The van der Waals surface area contributed by atoms with Gasteiger partial charge < -0.3 is 15.5 Å². The van der Waals surface area contributed by atoms with E-state index < -0.39 is 12.1 Å². The molecule has 0 saturated heterocycles. The molecule has 1 unspecified atom stereocenters. The summed E-state index contributed by atoms with van der Waals surface area (Å²) in [5, 5.41) is 20.4. The highest BCUT2D eigenvalue weighted by atomic mass is 16.4. The van der Waals surface area contributed by atoms with Crippen LogP contribution >= 0.6 is 0 Å². The molecule has 0 aromatic heterocycles. The van der Waals surface area contributed by atoms with Crippen LogP contribution in [0.3, 0.4) is 0 Å². The molecule has 78 valence electrons. The van der Waals surface area contributed by atoms with Crippen LogP contribution in [0.5, 0.6) is 0 Å². The van der Waals surface area contributed by atoms with Crippen molar-refractivity contribution in [2.75, 3.05) is 0 Å². The van der Waals surface area contributed by atoms with Crippen molar-refractivity contribution in [3.8, 4) is 0 Å². The number of carboxylic acid groups (broad SMARTS) is 1. The van der Waals surface area contributed by atoms with Crippen LogP contribution in [0.15, 0.2) is 11.3 Å². The minimum absolute atomic E-state index is 0.174. The zero-order valence-electron chi connectivity index (χ0n) is 7.91. The number of carbonyl (C=O) groups excluding carboxylic acids is 1. The van der Waals surface area contributed by atoms with Crippen molar-refractivity contribution >= 4 is 11.9 Å². The molecule has 1 heterocycles. The second-order valence-corrected chi connectivity index (χ2v) is 3.36. The maximum Gasteiger partial charge on any atom is 0.333 e. The van der Waals surface area contributed by atoms with Gasteiger partial charge in [-0.1, -0.05) is 0 Å². The van der Waals surface area contributed by atoms with E-state index in [1.807, 2.05) is 0 Å². The molecule has 0 aromatic carbocycles. The third-order valence-corrected chi connectivity index (χ3v) is 2.01. The largest absolute Gasteiger partial charge is 0.478 e. The highest BCUT2D eigenvalue weighted by Gasteiger charge is 2.22.